The molecule has 4 N–H and O–H groups in total. The Hall–Kier alpha value is -4.51. The van der Waals surface area contributed by atoms with Crippen molar-refractivity contribution in [1.29, 1.82) is 0 Å². The van der Waals surface area contributed by atoms with Gasteiger partial charge in [-0.25, -0.2) is 15.0 Å². The Bertz CT molecular complexity index is 1780. The van der Waals surface area contributed by atoms with E-state index in [1.54, 1.807) is 12.4 Å². The van der Waals surface area contributed by atoms with E-state index in [1.807, 2.05) is 30.1 Å². The fraction of sp³-hybridized carbons (Fsp3) is 0.406. The first-order valence-electron chi connectivity index (χ1n) is 14.9. The third kappa shape index (κ3) is 5.29. The van der Waals surface area contributed by atoms with E-state index in [9.17, 15) is 0 Å². The Morgan fingerprint density at radius 1 is 1.09 bits per heavy atom. The molecule has 0 amide bonds. The Morgan fingerprint density at radius 3 is 2.63 bits per heavy atom. The standard InChI is InChI=1S/C32H37N9O2/c1-40-16-20-13-23(27(18-7-8-18)37-31(20)39-40)32-38-28(29(41(32)2)19-9-10-19)22-5-4-6-25(33)24(22)14-36-26(30(34)42-3)15-35-21-11-12-43-17-21/h4-6,13-16,18-19,21H,7-12,17,33-34H2,1-3H3/b30-26-,35-15?,36-14?. The summed E-state index contributed by atoms with van der Waals surface area (Å²) in [6.07, 6.45) is 10.8. The maximum absolute atomic E-state index is 6.59. The van der Waals surface area contributed by atoms with Gasteiger partial charge in [-0.05, 0) is 44.2 Å². The van der Waals surface area contributed by atoms with Crippen LogP contribution in [0.5, 0.6) is 0 Å². The van der Waals surface area contributed by atoms with Crippen molar-refractivity contribution in [3.8, 4) is 22.6 Å². The van der Waals surface area contributed by atoms with E-state index in [2.05, 4.69) is 33.8 Å². The molecule has 3 fully saturated rings. The van der Waals surface area contributed by atoms with Gasteiger partial charge in [0.05, 0.1) is 37.4 Å². The SMILES string of the molecule is CO/C(N)=C(/C=NC1CCOC1)N=Cc1c(N)cccc1-c1nc(-c2cc3cn(C)nc3nc2C2CC2)n(C)c1C1CC1. The lowest BCUT2D eigenvalue weighted by molar-refractivity contribution is 0.194. The first-order chi connectivity index (χ1) is 20.9. The van der Waals surface area contributed by atoms with E-state index in [1.165, 1.54) is 12.8 Å². The molecule has 43 heavy (non-hydrogen) atoms. The number of nitrogen functional groups attached to an aromatic ring is 1. The van der Waals surface area contributed by atoms with Gasteiger partial charge in [0.15, 0.2) is 5.65 Å². The van der Waals surface area contributed by atoms with Crippen LogP contribution in [0, 0.1) is 0 Å². The number of aromatic nitrogens is 5. The number of fused-ring (bicyclic) bond motifs is 1. The second-order valence-electron chi connectivity index (χ2n) is 11.7. The largest absolute Gasteiger partial charge is 0.481 e. The van der Waals surface area contributed by atoms with Crippen molar-refractivity contribution in [2.75, 3.05) is 26.1 Å². The number of imidazole rings is 1. The highest BCUT2D eigenvalue weighted by molar-refractivity contribution is 5.98. The van der Waals surface area contributed by atoms with Gasteiger partial charge in [-0.2, -0.15) is 5.10 Å². The van der Waals surface area contributed by atoms with Gasteiger partial charge in [0.25, 0.3) is 0 Å². The molecule has 7 rings (SSSR count). The molecule has 4 aromatic rings. The number of rotatable bonds is 9. The third-order valence-electron chi connectivity index (χ3n) is 8.46. The quantitative estimate of drug-likeness (QED) is 0.170. The molecule has 11 heteroatoms. The average Bonchev–Trinajstić information content (AvgIpc) is 3.91. The summed E-state index contributed by atoms with van der Waals surface area (Å²) in [6.45, 7) is 1.30. The Kier molecular flexibility index (Phi) is 6.97. The van der Waals surface area contributed by atoms with Crippen LogP contribution in [0.1, 0.15) is 60.9 Å². The predicted molar refractivity (Wildman–Crippen MR) is 168 cm³/mol. The number of nitrogens with two attached hydrogens (primary N) is 2. The number of ether oxygens (including phenoxy) is 2. The number of hydrogen-bond donors (Lipinski definition) is 2. The van der Waals surface area contributed by atoms with Crippen molar-refractivity contribution < 1.29 is 9.47 Å². The summed E-state index contributed by atoms with van der Waals surface area (Å²) in [5, 5.41) is 5.58. The molecule has 3 aliphatic rings. The van der Waals surface area contributed by atoms with Crippen molar-refractivity contribution >= 4 is 29.1 Å². The summed E-state index contributed by atoms with van der Waals surface area (Å²) < 4.78 is 14.8. The van der Waals surface area contributed by atoms with Gasteiger partial charge in [-0.3, -0.25) is 9.67 Å². The van der Waals surface area contributed by atoms with Crippen LogP contribution in [0.25, 0.3) is 33.7 Å². The van der Waals surface area contributed by atoms with Crippen molar-refractivity contribution in [1.82, 2.24) is 24.3 Å². The van der Waals surface area contributed by atoms with E-state index < -0.39 is 0 Å². The number of hydrogen-bond acceptors (Lipinski definition) is 9. The monoisotopic (exact) mass is 579 g/mol. The van der Waals surface area contributed by atoms with E-state index in [-0.39, 0.29) is 11.9 Å². The van der Waals surface area contributed by atoms with Gasteiger partial charge in [-0.1, -0.05) is 12.1 Å². The van der Waals surface area contributed by atoms with Gasteiger partial charge in [0, 0.05) is 78.4 Å². The molecule has 1 atom stereocenters. The lowest BCUT2D eigenvalue weighted by atomic mass is 10.0. The number of aryl methyl sites for hydroxylation is 1. The molecule has 3 aromatic heterocycles. The lowest BCUT2D eigenvalue weighted by Gasteiger charge is -2.11. The zero-order valence-corrected chi connectivity index (χ0v) is 24.8. The van der Waals surface area contributed by atoms with E-state index in [4.69, 9.17) is 35.9 Å². The van der Waals surface area contributed by atoms with E-state index in [0.29, 0.717) is 36.4 Å². The van der Waals surface area contributed by atoms with E-state index in [0.717, 1.165) is 77.0 Å². The molecule has 0 radical (unpaired) electrons. The molecule has 2 aliphatic carbocycles. The first kappa shape index (κ1) is 27.3. The van der Waals surface area contributed by atoms with Crippen molar-refractivity contribution in [2.45, 2.75) is 50.0 Å². The number of pyridine rings is 1. The van der Waals surface area contributed by atoms with Crippen LogP contribution >= 0.6 is 0 Å². The van der Waals surface area contributed by atoms with Crippen LogP contribution < -0.4 is 11.5 Å². The topological polar surface area (TPSA) is 144 Å². The number of benzene rings is 1. The molecule has 1 unspecified atom stereocenters. The second kappa shape index (κ2) is 11.0. The predicted octanol–water partition coefficient (Wildman–Crippen LogP) is 4.43. The fourth-order valence-electron chi connectivity index (χ4n) is 5.86. The van der Waals surface area contributed by atoms with Crippen LogP contribution in [0.2, 0.25) is 0 Å². The zero-order valence-electron chi connectivity index (χ0n) is 24.8. The highest BCUT2D eigenvalue weighted by Gasteiger charge is 2.35. The molecule has 4 heterocycles. The minimum absolute atomic E-state index is 0.0844. The summed E-state index contributed by atoms with van der Waals surface area (Å²) in [5.74, 6) is 1.97. The highest BCUT2D eigenvalue weighted by atomic mass is 16.5. The summed E-state index contributed by atoms with van der Waals surface area (Å²) in [7, 11) is 5.57. The minimum Gasteiger partial charge on any atom is -0.481 e. The molecule has 222 valence electrons. The highest BCUT2D eigenvalue weighted by Crippen LogP contribution is 2.48. The zero-order chi connectivity index (χ0) is 29.7. The summed E-state index contributed by atoms with van der Waals surface area (Å²) in [6, 6.07) is 8.19. The Morgan fingerprint density at radius 2 is 1.91 bits per heavy atom. The maximum Gasteiger partial charge on any atom is 0.212 e. The molecule has 11 nitrogen and oxygen atoms in total. The smallest absolute Gasteiger partial charge is 0.212 e. The van der Waals surface area contributed by atoms with Crippen LogP contribution in [-0.4, -0.2) is 63.1 Å². The van der Waals surface area contributed by atoms with Crippen LogP contribution in [0.4, 0.5) is 5.69 Å². The number of methoxy groups -OCH3 is 1. The number of allylic oxidation sites excluding steroid dienone is 1. The van der Waals surface area contributed by atoms with Gasteiger partial charge in [0.1, 0.15) is 11.5 Å². The molecule has 0 bridgehead atoms. The van der Waals surface area contributed by atoms with Crippen LogP contribution in [0.15, 0.2) is 52.0 Å². The van der Waals surface area contributed by atoms with Crippen LogP contribution in [0.3, 0.4) is 0 Å². The van der Waals surface area contributed by atoms with Gasteiger partial charge in [-0.15, -0.1) is 0 Å². The molecule has 1 aromatic carbocycles. The summed E-state index contributed by atoms with van der Waals surface area (Å²) in [4.78, 5) is 19.7. The number of aliphatic imine (C=N–C) groups is 2. The number of anilines is 1. The maximum atomic E-state index is 6.59. The number of nitrogens with zero attached hydrogens (tertiary/aromatic N) is 7. The fourth-order valence-corrected chi connectivity index (χ4v) is 5.86. The summed E-state index contributed by atoms with van der Waals surface area (Å²) in [5.41, 5.74) is 20.5. The Balaban J connectivity index is 1.33. The third-order valence-corrected chi connectivity index (χ3v) is 8.46. The molecule has 0 spiro atoms. The lowest BCUT2D eigenvalue weighted by Crippen LogP contribution is -2.08. The van der Waals surface area contributed by atoms with E-state index >= 15 is 0 Å². The summed E-state index contributed by atoms with van der Waals surface area (Å²) >= 11 is 0. The molecule has 1 aliphatic heterocycles. The van der Waals surface area contributed by atoms with Crippen molar-refractivity contribution in [3.63, 3.8) is 0 Å². The molecule has 2 saturated carbocycles. The van der Waals surface area contributed by atoms with Gasteiger partial charge < -0.3 is 25.5 Å². The second-order valence-corrected chi connectivity index (χ2v) is 11.7. The van der Waals surface area contributed by atoms with Crippen molar-refractivity contribution in [3.05, 3.63) is 59.0 Å². The first-order valence-corrected chi connectivity index (χ1v) is 14.9. The molecule has 1 saturated heterocycles. The molecular weight excluding hydrogens is 542 g/mol. The van der Waals surface area contributed by atoms with Gasteiger partial charge >= 0.3 is 0 Å². The minimum atomic E-state index is 0.0844. The Labute approximate surface area is 250 Å². The van der Waals surface area contributed by atoms with Crippen LogP contribution in [-0.2, 0) is 23.6 Å². The molecular formula is C32H37N9O2. The van der Waals surface area contributed by atoms with Crippen molar-refractivity contribution in [2.24, 2.45) is 29.8 Å². The normalized spacial score (nSPS) is 19.7. The average molecular weight is 580 g/mol. The van der Waals surface area contributed by atoms with Gasteiger partial charge in [0.2, 0.25) is 5.88 Å².